The Labute approximate surface area is 208 Å². The smallest absolute Gasteiger partial charge is 0.328 e. The first-order valence-electron chi connectivity index (χ1n) is 11.6. The van der Waals surface area contributed by atoms with E-state index in [0.717, 1.165) is 0 Å². The topological polar surface area (TPSA) is 143 Å². The molecule has 1 aromatic carbocycles. The van der Waals surface area contributed by atoms with Crippen LogP contribution in [0.4, 0.5) is 10.5 Å². The second-order valence-electron chi connectivity index (χ2n) is 8.47. The molecule has 4 amide bonds. The number of nitrogens with one attached hydrogen (secondary N) is 2. The Hall–Kier alpha value is -4.22. The fourth-order valence-electron chi connectivity index (χ4n) is 4.65. The number of methoxy groups -OCH3 is 2. The van der Waals surface area contributed by atoms with Crippen molar-refractivity contribution in [1.29, 1.82) is 0 Å². The summed E-state index contributed by atoms with van der Waals surface area (Å²) < 4.78 is 10.1. The molecule has 12 heteroatoms. The average Bonchev–Trinajstić information content (AvgIpc) is 3.55. The molecule has 2 fully saturated rings. The summed E-state index contributed by atoms with van der Waals surface area (Å²) in [5, 5.41) is 5.56. The molecule has 190 valence electrons. The van der Waals surface area contributed by atoms with Gasteiger partial charge in [0.2, 0.25) is 5.91 Å². The fraction of sp³-hybridized carbons (Fsp3) is 0.417. The minimum absolute atomic E-state index is 0.0859. The molecule has 4 rings (SSSR count). The van der Waals surface area contributed by atoms with Gasteiger partial charge in [-0.3, -0.25) is 14.6 Å². The molecular formula is C24H28N6O6. The van der Waals surface area contributed by atoms with Crippen molar-refractivity contribution in [2.45, 2.75) is 37.4 Å². The van der Waals surface area contributed by atoms with Crippen LogP contribution in [0.3, 0.4) is 0 Å². The predicted octanol–water partition coefficient (Wildman–Crippen LogP) is 1.05. The number of hydrogen-bond donors (Lipinski definition) is 2. The Kier molecular flexibility index (Phi) is 7.62. The average molecular weight is 497 g/mol. The SMILES string of the molecule is COC(=O)C1CCCN1C(=O)C1C(NC(=O)Nc2cccc(OC)c2)CCN1C(=O)c1cnccn1. The van der Waals surface area contributed by atoms with Crippen LogP contribution in [0, 0.1) is 0 Å². The zero-order valence-corrected chi connectivity index (χ0v) is 20.0. The number of anilines is 1. The van der Waals surface area contributed by atoms with Crippen molar-refractivity contribution in [3.8, 4) is 5.75 Å². The second-order valence-corrected chi connectivity index (χ2v) is 8.47. The maximum Gasteiger partial charge on any atom is 0.328 e. The maximum absolute atomic E-state index is 13.8. The number of urea groups is 1. The highest BCUT2D eigenvalue weighted by Gasteiger charge is 2.48. The summed E-state index contributed by atoms with van der Waals surface area (Å²) in [5.74, 6) is -0.839. The molecule has 0 saturated carbocycles. The van der Waals surface area contributed by atoms with Crippen molar-refractivity contribution in [3.05, 3.63) is 48.5 Å². The summed E-state index contributed by atoms with van der Waals surface area (Å²) >= 11 is 0. The summed E-state index contributed by atoms with van der Waals surface area (Å²) in [6.07, 6.45) is 5.60. The lowest BCUT2D eigenvalue weighted by Crippen LogP contribution is -2.57. The molecule has 2 N–H and O–H groups in total. The molecular weight excluding hydrogens is 468 g/mol. The predicted molar refractivity (Wildman–Crippen MR) is 127 cm³/mol. The number of amides is 4. The summed E-state index contributed by atoms with van der Waals surface area (Å²) in [6.45, 7) is 0.567. The molecule has 0 aliphatic carbocycles. The Morgan fingerprint density at radius 1 is 1.06 bits per heavy atom. The zero-order valence-electron chi connectivity index (χ0n) is 20.0. The highest BCUT2D eigenvalue weighted by molar-refractivity contribution is 5.98. The van der Waals surface area contributed by atoms with E-state index in [1.54, 1.807) is 24.3 Å². The van der Waals surface area contributed by atoms with Gasteiger partial charge in [0.05, 0.1) is 26.5 Å². The lowest BCUT2D eigenvalue weighted by Gasteiger charge is -2.32. The summed E-state index contributed by atoms with van der Waals surface area (Å²) in [6, 6.07) is 3.86. The van der Waals surface area contributed by atoms with Crippen molar-refractivity contribution in [2.75, 3.05) is 32.6 Å². The first kappa shape index (κ1) is 24.9. The monoisotopic (exact) mass is 496 g/mol. The fourth-order valence-corrected chi connectivity index (χ4v) is 4.65. The van der Waals surface area contributed by atoms with Crippen LogP contribution in [-0.4, -0.2) is 89.0 Å². The highest BCUT2D eigenvalue weighted by atomic mass is 16.5. The zero-order chi connectivity index (χ0) is 25.7. The molecule has 12 nitrogen and oxygen atoms in total. The van der Waals surface area contributed by atoms with E-state index in [-0.39, 0.29) is 12.2 Å². The van der Waals surface area contributed by atoms with Crippen molar-refractivity contribution >= 4 is 29.5 Å². The van der Waals surface area contributed by atoms with Gasteiger partial charge < -0.3 is 29.9 Å². The van der Waals surface area contributed by atoms with Crippen molar-refractivity contribution in [2.24, 2.45) is 0 Å². The van der Waals surface area contributed by atoms with Crippen LogP contribution in [0.2, 0.25) is 0 Å². The molecule has 3 atom stereocenters. The number of carbonyl (C=O) groups excluding carboxylic acids is 4. The van der Waals surface area contributed by atoms with Crippen LogP contribution in [0.1, 0.15) is 29.8 Å². The van der Waals surface area contributed by atoms with Crippen molar-refractivity contribution in [3.63, 3.8) is 0 Å². The first-order chi connectivity index (χ1) is 17.4. The largest absolute Gasteiger partial charge is 0.497 e. The maximum atomic E-state index is 13.8. The molecule has 3 unspecified atom stereocenters. The molecule has 2 aliphatic heterocycles. The van der Waals surface area contributed by atoms with Gasteiger partial charge in [0.25, 0.3) is 5.91 Å². The molecule has 2 aliphatic rings. The molecule has 36 heavy (non-hydrogen) atoms. The standard InChI is InChI=1S/C24H28N6O6/c1-35-16-6-3-5-15(13-16)27-24(34)28-17-8-12-30(21(31)18-14-25-9-10-26-18)20(17)22(32)29-11-4-7-19(29)23(33)36-2/h3,5-6,9-10,13-14,17,19-20H,4,7-8,11-12H2,1-2H3,(H2,27,28,34). The molecule has 0 radical (unpaired) electrons. The van der Waals surface area contributed by atoms with Crippen molar-refractivity contribution < 1.29 is 28.7 Å². The van der Waals surface area contributed by atoms with E-state index in [4.69, 9.17) is 9.47 Å². The number of carbonyl (C=O) groups is 4. The Bertz CT molecular complexity index is 1130. The normalized spacial score (nSPS) is 21.1. The molecule has 2 saturated heterocycles. The number of aromatic nitrogens is 2. The summed E-state index contributed by atoms with van der Waals surface area (Å²) in [5.41, 5.74) is 0.591. The van der Waals surface area contributed by atoms with Gasteiger partial charge in [0.15, 0.2) is 0 Å². The van der Waals surface area contributed by atoms with Gasteiger partial charge in [-0.1, -0.05) is 6.07 Å². The Balaban J connectivity index is 1.56. The molecule has 3 heterocycles. The Morgan fingerprint density at radius 2 is 1.89 bits per heavy atom. The van der Waals surface area contributed by atoms with E-state index in [1.807, 2.05) is 0 Å². The number of likely N-dealkylation sites (tertiary alicyclic amines) is 2. The number of hydrogen-bond acceptors (Lipinski definition) is 8. The van der Waals surface area contributed by atoms with Crippen LogP contribution in [-0.2, 0) is 14.3 Å². The van der Waals surface area contributed by atoms with Crippen molar-refractivity contribution in [1.82, 2.24) is 25.1 Å². The summed E-state index contributed by atoms with van der Waals surface area (Å²) in [7, 11) is 2.80. The van der Waals surface area contributed by atoms with E-state index < -0.39 is 41.9 Å². The van der Waals surface area contributed by atoms with Crippen LogP contribution >= 0.6 is 0 Å². The molecule has 0 spiro atoms. The minimum Gasteiger partial charge on any atom is -0.497 e. The number of ether oxygens (including phenoxy) is 2. The molecule has 1 aromatic heterocycles. The quantitative estimate of drug-likeness (QED) is 0.565. The molecule has 0 bridgehead atoms. The number of nitrogens with zero attached hydrogens (tertiary/aromatic N) is 4. The Morgan fingerprint density at radius 3 is 2.61 bits per heavy atom. The third-order valence-electron chi connectivity index (χ3n) is 6.35. The van der Waals surface area contributed by atoms with Gasteiger partial charge >= 0.3 is 12.0 Å². The molecule has 2 aromatic rings. The van der Waals surface area contributed by atoms with Crippen LogP contribution in [0.5, 0.6) is 5.75 Å². The number of rotatable bonds is 6. The van der Waals surface area contributed by atoms with E-state index in [1.165, 1.54) is 42.6 Å². The third-order valence-corrected chi connectivity index (χ3v) is 6.35. The van der Waals surface area contributed by atoms with Crippen LogP contribution in [0.15, 0.2) is 42.9 Å². The lowest BCUT2D eigenvalue weighted by atomic mass is 10.1. The minimum atomic E-state index is -1.03. The third kappa shape index (κ3) is 5.21. The number of benzene rings is 1. The number of esters is 1. The van der Waals surface area contributed by atoms with Crippen LogP contribution < -0.4 is 15.4 Å². The highest BCUT2D eigenvalue weighted by Crippen LogP contribution is 2.27. The van der Waals surface area contributed by atoms with Gasteiger partial charge in [-0.15, -0.1) is 0 Å². The van der Waals surface area contributed by atoms with E-state index in [0.29, 0.717) is 37.2 Å². The second kappa shape index (κ2) is 11.0. The lowest BCUT2D eigenvalue weighted by molar-refractivity contribution is -0.152. The van der Waals surface area contributed by atoms with Crippen LogP contribution in [0.25, 0.3) is 0 Å². The van der Waals surface area contributed by atoms with Gasteiger partial charge in [-0.2, -0.15) is 0 Å². The van der Waals surface area contributed by atoms with E-state index >= 15 is 0 Å². The van der Waals surface area contributed by atoms with E-state index in [2.05, 4.69) is 20.6 Å². The van der Waals surface area contributed by atoms with Gasteiger partial charge in [0, 0.05) is 37.2 Å². The van der Waals surface area contributed by atoms with E-state index in [9.17, 15) is 19.2 Å². The van der Waals surface area contributed by atoms with Gasteiger partial charge in [-0.25, -0.2) is 14.6 Å². The first-order valence-corrected chi connectivity index (χ1v) is 11.6. The summed E-state index contributed by atoms with van der Waals surface area (Å²) in [4.78, 5) is 63.0. The van der Waals surface area contributed by atoms with Gasteiger partial charge in [0.1, 0.15) is 23.5 Å². The van der Waals surface area contributed by atoms with Gasteiger partial charge in [-0.05, 0) is 31.4 Å².